The Morgan fingerprint density at radius 3 is 2.69 bits per heavy atom. The number of ether oxygens (including phenoxy) is 1. The minimum absolute atomic E-state index is 0.0228. The number of morpholine rings is 1. The fourth-order valence-electron chi connectivity index (χ4n) is 7.07. The molecule has 8 unspecified atom stereocenters. The molecule has 0 aromatic rings. The highest BCUT2D eigenvalue weighted by Gasteiger charge is 2.51. The van der Waals surface area contributed by atoms with Crippen molar-refractivity contribution in [2.45, 2.75) is 84.1 Å². The van der Waals surface area contributed by atoms with Crippen molar-refractivity contribution < 1.29 is 14.3 Å². The first-order valence-corrected chi connectivity index (χ1v) is 17.3. The third kappa shape index (κ3) is 6.31. The molecule has 4 saturated heterocycles. The van der Waals surface area contributed by atoms with E-state index in [9.17, 15) is 9.59 Å². The molecule has 39 heavy (non-hydrogen) atoms. The highest BCUT2D eigenvalue weighted by atomic mass is 32.2. The van der Waals surface area contributed by atoms with Gasteiger partial charge in [0.2, 0.25) is 5.91 Å². The number of nitrogens with zero attached hydrogens (tertiary/aromatic N) is 1. The van der Waals surface area contributed by atoms with E-state index >= 15 is 0 Å². The standard InChI is InChI=1S/C26H43N7O3S3/c27-16-3-1-2-4-17(16)31-14-9-18(22(26(28)35)29-11-14)32-19-12-30-39-23(19)15-13-37-25-20(34)10-21(38-24(15)25)33-5-7-36-8-6-33/h10,14-19,22-25,29-32H,1-9,11-13,27H2,(H2,28,35)/t14?,15?,16-,17-,18?,19?,22?,23?,24?,25?/m1/s1. The number of nitrogens with two attached hydrogens (primary N) is 2. The zero-order chi connectivity index (χ0) is 26.9. The maximum Gasteiger partial charge on any atom is 0.236 e. The second kappa shape index (κ2) is 12.8. The van der Waals surface area contributed by atoms with E-state index in [4.69, 9.17) is 16.2 Å². The number of amides is 1. The smallest absolute Gasteiger partial charge is 0.236 e. The van der Waals surface area contributed by atoms with Gasteiger partial charge < -0.3 is 37.1 Å². The van der Waals surface area contributed by atoms with Gasteiger partial charge in [0.1, 0.15) is 6.04 Å². The van der Waals surface area contributed by atoms with E-state index < -0.39 is 6.04 Å². The molecule has 1 saturated carbocycles. The van der Waals surface area contributed by atoms with Gasteiger partial charge in [-0.15, -0.1) is 23.5 Å². The Balaban J connectivity index is 1.12. The number of hydrogen-bond donors (Lipinski definition) is 6. The van der Waals surface area contributed by atoms with E-state index in [0.717, 1.165) is 49.7 Å². The molecule has 0 spiro atoms. The van der Waals surface area contributed by atoms with Crippen molar-refractivity contribution in [3.63, 3.8) is 0 Å². The van der Waals surface area contributed by atoms with Gasteiger partial charge in [-0.05, 0) is 30.9 Å². The molecule has 10 atom stereocenters. The maximum atomic E-state index is 13.1. The van der Waals surface area contributed by atoms with Gasteiger partial charge in [-0.2, -0.15) is 0 Å². The van der Waals surface area contributed by atoms with Crippen LogP contribution in [0, 0.1) is 5.92 Å². The lowest BCUT2D eigenvalue weighted by molar-refractivity contribution is -0.121. The number of piperidine rings is 1. The van der Waals surface area contributed by atoms with Crippen LogP contribution < -0.4 is 32.1 Å². The summed E-state index contributed by atoms with van der Waals surface area (Å²) < 4.78 is 9.07. The molecular formula is C26H43N7O3S3. The Morgan fingerprint density at radius 1 is 1.08 bits per heavy atom. The molecule has 6 rings (SSSR count). The van der Waals surface area contributed by atoms with Crippen LogP contribution in [0.1, 0.15) is 32.1 Å². The average Bonchev–Trinajstić information content (AvgIpc) is 3.57. The number of thioether (sulfide) groups is 2. The second-order valence-corrected chi connectivity index (χ2v) is 15.2. The van der Waals surface area contributed by atoms with Crippen molar-refractivity contribution in [3.8, 4) is 0 Å². The number of nitrogens with one attached hydrogen (secondary N) is 4. The number of allylic oxidation sites excluding steroid dienone is 1. The van der Waals surface area contributed by atoms with E-state index in [1.54, 1.807) is 11.9 Å². The SMILES string of the molecule is NC(=O)C1NCC(N[C@@H]2CCCC[C@H]2N)CC1NC1CNSC1C1CSC2C(=O)C=C(N3CCOCC3)SC21. The molecule has 0 radical (unpaired) electrons. The van der Waals surface area contributed by atoms with E-state index in [-0.39, 0.29) is 46.4 Å². The molecular weight excluding hydrogens is 555 g/mol. The van der Waals surface area contributed by atoms with E-state index in [1.165, 1.54) is 12.8 Å². The topological polar surface area (TPSA) is 147 Å². The van der Waals surface area contributed by atoms with Crippen LogP contribution in [-0.4, -0.2) is 114 Å². The van der Waals surface area contributed by atoms with Crippen molar-refractivity contribution in [3.05, 3.63) is 11.1 Å². The highest BCUT2D eigenvalue weighted by molar-refractivity contribution is 8.07. The Labute approximate surface area is 244 Å². The molecule has 0 aromatic heterocycles. The minimum Gasteiger partial charge on any atom is -0.378 e. The van der Waals surface area contributed by atoms with Gasteiger partial charge in [0.15, 0.2) is 5.78 Å². The Bertz CT molecular complexity index is 938. The minimum atomic E-state index is -0.401. The van der Waals surface area contributed by atoms with Gasteiger partial charge >= 0.3 is 0 Å². The van der Waals surface area contributed by atoms with Crippen LogP contribution in [0.25, 0.3) is 0 Å². The van der Waals surface area contributed by atoms with Crippen LogP contribution in [0.4, 0.5) is 0 Å². The fourth-order valence-corrected chi connectivity index (χ4v) is 12.0. The molecule has 5 aliphatic heterocycles. The molecule has 5 fully saturated rings. The van der Waals surface area contributed by atoms with Crippen LogP contribution >= 0.6 is 35.5 Å². The molecule has 0 aromatic carbocycles. The van der Waals surface area contributed by atoms with E-state index in [1.807, 2.05) is 29.6 Å². The summed E-state index contributed by atoms with van der Waals surface area (Å²) in [5.74, 6) is 1.31. The van der Waals surface area contributed by atoms with Crippen molar-refractivity contribution in [2.24, 2.45) is 17.4 Å². The number of carbonyl (C=O) groups excluding carboxylic acids is 2. The highest BCUT2D eigenvalue weighted by Crippen LogP contribution is 2.50. The number of carbonyl (C=O) groups is 2. The van der Waals surface area contributed by atoms with Gasteiger partial charge in [0, 0.05) is 73.0 Å². The summed E-state index contributed by atoms with van der Waals surface area (Å²) in [5.41, 5.74) is 12.3. The van der Waals surface area contributed by atoms with Crippen LogP contribution in [0.5, 0.6) is 0 Å². The van der Waals surface area contributed by atoms with Gasteiger partial charge in [-0.25, -0.2) is 0 Å². The van der Waals surface area contributed by atoms with Gasteiger partial charge in [-0.1, -0.05) is 24.8 Å². The number of ketones is 1. The number of rotatable bonds is 7. The van der Waals surface area contributed by atoms with Gasteiger partial charge in [-0.3, -0.25) is 14.3 Å². The average molecular weight is 598 g/mol. The van der Waals surface area contributed by atoms with Crippen LogP contribution in [0.3, 0.4) is 0 Å². The number of hydrogen-bond acceptors (Lipinski definition) is 12. The first-order chi connectivity index (χ1) is 19.0. The summed E-state index contributed by atoms with van der Waals surface area (Å²) in [6.45, 7) is 4.66. The van der Waals surface area contributed by atoms with Crippen LogP contribution in [0.2, 0.25) is 0 Å². The van der Waals surface area contributed by atoms with Crippen molar-refractivity contribution in [2.75, 3.05) is 45.1 Å². The third-order valence-electron chi connectivity index (χ3n) is 9.18. The second-order valence-electron chi connectivity index (χ2n) is 11.7. The largest absolute Gasteiger partial charge is 0.378 e. The monoisotopic (exact) mass is 597 g/mol. The third-order valence-corrected chi connectivity index (χ3v) is 13.6. The van der Waals surface area contributed by atoms with E-state index in [0.29, 0.717) is 37.0 Å². The molecule has 218 valence electrons. The molecule has 10 nitrogen and oxygen atoms in total. The van der Waals surface area contributed by atoms with Crippen molar-refractivity contribution in [1.29, 1.82) is 0 Å². The zero-order valence-electron chi connectivity index (χ0n) is 22.4. The lowest BCUT2D eigenvalue weighted by Gasteiger charge is -2.42. The van der Waals surface area contributed by atoms with Crippen molar-refractivity contribution in [1.82, 2.24) is 25.6 Å². The molecule has 13 heteroatoms. The van der Waals surface area contributed by atoms with Crippen LogP contribution in [0.15, 0.2) is 11.1 Å². The predicted octanol–water partition coefficient (Wildman–Crippen LogP) is -0.402. The normalized spacial score (nSPS) is 43.3. The first kappa shape index (κ1) is 28.6. The summed E-state index contributed by atoms with van der Waals surface area (Å²) in [6, 6.07) is 0.495. The summed E-state index contributed by atoms with van der Waals surface area (Å²) in [6.07, 6.45) is 7.31. The quantitative estimate of drug-likeness (QED) is 0.212. The number of fused-ring (bicyclic) bond motifs is 1. The Morgan fingerprint density at radius 2 is 1.90 bits per heavy atom. The summed E-state index contributed by atoms with van der Waals surface area (Å²) in [7, 11) is 0. The zero-order valence-corrected chi connectivity index (χ0v) is 24.8. The molecule has 1 aliphatic carbocycles. The number of primary amides is 1. The summed E-state index contributed by atoms with van der Waals surface area (Å²) >= 11 is 5.51. The Kier molecular flexibility index (Phi) is 9.38. The molecule has 0 bridgehead atoms. The molecule has 6 aliphatic rings. The molecule has 1 amide bonds. The van der Waals surface area contributed by atoms with Crippen molar-refractivity contribution >= 4 is 47.2 Å². The Hall–Kier alpha value is -0.510. The van der Waals surface area contributed by atoms with E-state index in [2.05, 4.69) is 25.6 Å². The van der Waals surface area contributed by atoms with Gasteiger partial charge in [0.05, 0.1) is 23.5 Å². The fraction of sp³-hybridized carbons (Fsp3) is 0.846. The predicted molar refractivity (Wildman–Crippen MR) is 159 cm³/mol. The molecule has 8 N–H and O–H groups in total. The van der Waals surface area contributed by atoms with Gasteiger partial charge in [0.25, 0.3) is 0 Å². The first-order valence-electron chi connectivity index (χ1n) is 14.5. The molecule has 5 heterocycles. The summed E-state index contributed by atoms with van der Waals surface area (Å²) in [4.78, 5) is 27.9. The lowest BCUT2D eigenvalue weighted by atomic mass is 9.87. The maximum absolute atomic E-state index is 13.1. The lowest BCUT2D eigenvalue weighted by Crippen LogP contribution is -2.67. The summed E-state index contributed by atoms with van der Waals surface area (Å²) in [5, 5.41) is 12.8. The van der Waals surface area contributed by atoms with Crippen LogP contribution in [-0.2, 0) is 14.3 Å².